The molecule has 3 rings (SSSR count). The van der Waals surface area contributed by atoms with Crippen molar-refractivity contribution in [1.82, 2.24) is 25.3 Å². The van der Waals surface area contributed by atoms with Gasteiger partial charge in [0.05, 0.1) is 6.20 Å². The van der Waals surface area contributed by atoms with E-state index in [0.29, 0.717) is 6.54 Å². The molecule has 0 radical (unpaired) electrons. The maximum atomic E-state index is 12.5. The summed E-state index contributed by atoms with van der Waals surface area (Å²) >= 11 is 0. The summed E-state index contributed by atoms with van der Waals surface area (Å²) in [5.41, 5.74) is 3.32. The number of rotatable bonds is 7. The number of halogens is 2. The SMILES string of the molecule is CNC(C(=O)NCc1ccc(CN2CCCCC2)cc1)c1cnn(C)c1.Cl.Cl. The van der Waals surface area contributed by atoms with Crippen LogP contribution >= 0.6 is 24.8 Å². The van der Waals surface area contributed by atoms with Gasteiger partial charge in [0.2, 0.25) is 5.91 Å². The summed E-state index contributed by atoms with van der Waals surface area (Å²) in [5, 5.41) is 10.2. The minimum absolute atomic E-state index is 0. The second-order valence-corrected chi connectivity index (χ2v) is 7.04. The molecule has 1 fully saturated rings. The fraction of sp³-hybridized carbons (Fsp3) is 0.500. The molecule has 2 N–H and O–H groups in total. The number of hydrogen-bond donors (Lipinski definition) is 2. The average molecular weight is 428 g/mol. The van der Waals surface area contributed by atoms with Gasteiger partial charge < -0.3 is 10.6 Å². The number of carbonyl (C=O) groups is 1. The van der Waals surface area contributed by atoms with Crippen molar-refractivity contribution in [3.63, 3.8) is 0 Å². The summed E-state index contributed by atoms with van der Waals surface area (Å²) < 4.78 is 1.70. The highest BCUT2D eigenvalue weighted by Gasteiger charge is 2.19. The molecule has 156 valence electrons. The largest absolute Gasteiger partial charge is 0.350 e. The zero-order chi connectivity index (χ0) is 18.4. The van der Waals surface area contributed by atoms with E-state index in [-0.39, 0.29) is 36.8 Å². The molecule has 1 aromatic heterocycles. The Morgan fingerprint density at radius 1 is 1.11 bits per heavy atom. The number of carbonyl (C=O) groups excluding carboxylic acids is 1. The molecule has 1 aliphatic rings. The molecule has 0 spiro atoms. The Kier molecular flexibility index (Phi) is 10.5. The number of aromatic nitrogens is 2. The van der Waals surface area contributed by atoms with Crippen molar-refractivity contribution in [2.24, 2.45) is 7.05 Å². The molecular formula is C20H31Cl2N5O. The van der Waals surface area contributed by atoms with Gasteiger partial charge in [-0.05, 0) is 44.1 Å². The summed E-state index contributed by atoms with van der Waals surface area (Å²) in [6, 6.07) is 8.18. The molecule has 6 nitrogen and oxygen atoms in total. The van der Waals surface area contributed by atoms with Gasteiger partial charge in [-0.3, -0.25) is 14.4 Å². The van der Waals surface area contributed by atoms with E-state index < -0.39 is 0 Å². The first-order valence-electron chi connectivity index (χ1n) is 9.39. The molecule has 1 atom stereocenters. The van der Waals surface area contributed by atoms with Crippen LogP contribution in [0.15, 0.2) is 36.7 Å². The Morgan fingerprint density at radius 2 is 1.75 bits per heavy atom. The predicted octanol–water partition coefficient (Wildman–Crippen LogP) is 2.83. The van der Waals surface area contributed by atoms with E-state index in [9.17, 15) is 4.79 Å². The van der Waals surface area contributed by atoms with Crippen molar-refractivity contribution >= 4 is 30.7 Å². The van der Waals surface area contributed by atoms with Crippen molar-refractivity contribution in [3.8, 4) is 0 Å². The van der Waals surface area contributed by atoms with E-state index in [1.807, 2.05) is 13.2 Å². The first kappa shape index (κ1) is 24.4. The molecule has 1 unspecified atom stereocenters. The van der Waals surface area contributed by atoms with E-state index >= 15 is 0 Å². The van der Waals surface area contributed by atoms with E-state index in [1.165, 1.54) is 37.9 Å². The number of hydrogen-bond acceptors (Lipinski definition) is 4. The number of likely N-dealkylation sites (N-methyl/N-ethyl adjacent to an activating group) is 1. The predicted molar refractivity (Wildman–Crippen MR) is 117 cm³/mol. The molecule has 0 bridgehead atoms. The Balaban J connectivity index is 0.00000196. The molecule has 1 amide bonds. The first-order valence-corrected chi connectivity index (χ1v) is 9.39. The van der Waals surface area contributed by atoms with E-state index in [1.54, 1.807) is 17.9 Å². The second-order valence-electron chi connectivity index (χ2n) is 7.04. The van der Waals surface area contributed by atoms with Crippen LogP contribution in [0.3, 0.4) is 0 Å². The minimum Gasteiger partial charge on any atom is -0.350 e. The highest BCUT2D eigenvalue weighted by Crippen LogP contribution is 2.14. The summed E-state index contributed by atoms with van der Waals surface area (Å²) in [4.78, 5) is 15.0. The standard InChI is InChI=1S/C20H29N5O.2ClH/c1-21-19(18-13-23-24(2)15-18)20(26)22-12-16-6-8-17(9-7-16)14-25-10-4-3-5-11-25;;/h6-9,13,15,19,21H,3-5,10-12,14H2,1-2H3,(H,22,26);2*1H. The fourth-order valence-corrected chi connectivity index (χ4v) is 3.47. The van der Waals surface area contributed by atoms with Crippen molar-refractivity contribution in [2.75, 3.05) is 20.1 Å². The molecule has 0 aliphatic carbocycles. The number of piperidine rings is 1. The average Bonchev–Trinajstić information content (AvgIpc) is 3.08. The Hall–Kier alpha value is -1.60. The second kappa shape index (κ2) is 12.1. The van der Waals surface area contributed by atoms with Crippen molar-refractivity contribution in [1.29, 1.82) is 0 Å². The Labute approximate surface area is 179 Å². The van der Waals surface area contributed by atoms with Gasteiger partial charge in [0.1, 0.15) is 6.04 Å². The molecule has 2 aromatic rings. The highest BCUT2D eigenvalue weighted by atomic mass is 35.5. The first-order chi connectivity index (χ1) is 12.7. The molecule has 1 aromatic carbocycles. The Morgan fingerprint density at radius 3 is 2.32 bits per heavy atom. The van der Waals surface area contributed by atoms with Crippen LogP contribution in [0.4, 0.5) is 0 Å². The van der Waals surface area contributed by atoms with Crippen LogP contribution in [0.1, 0.15) is 42.0 Å². The number of amides is 1. The van der Waals surface area contributed by atoms with Crippen LogP contribution in [0.25, 0.3) is 0 Å². The summed E-state index contributed by atoms with van der Waals surface area (Å²) in [6.45, 7) is 3.96. The van der Waals surface area contributed by atoms with Crippen molar-refractivity contribution in [3.05, 3.63) is 53.3 Å². The number of aryl methyl sites for hydroxylation is 1. The van der Waals surface area contributed by atoms with Gasteiger partial charge >= 0.3 is 0 Å². The third-order valence-electron chi connectivity index (χ3n) is 4.95. The lowest BCUT2D eigenvalue weighted by Gasteiger charge is -2.26. The lowest BCUT2D eigenvalue weighted by molar-refractivity contribution is -0.123. The Bertz CT molecular complexity index is 714. The van der Waals surface area contributed by atoms with Crippen LogP contribution in [0, 0.1) is 0 Å². The third-order valence-corrected chi connectivity index (χ3v) is 4.95. The topological polar surface area (TPSA) is 62.2 Å². The van der Waals surface area contributed by atoms with Crippen LogP contribution in [0.2, 0.25) is 0 Å². The number of nitrogens with zero attached hydrogens (tertiary/aromatic N) is 3. The minimum atomic E-state index is -0.387. The number of nitrogens with one attached hydrogen (secondary N) is 2. The van der Waals surface area contributed by atoms with Crippen LogP contribution in [0.5, 0.6) is 0 Å². The summed E-state index contributed by atoms with van der Waals surface area (Å²) in [5.74, 6) is -0.0436. The van der Waals surface area contributed by atoms with Crippen molar-refractivity contribution < 1.29 is 4.79 Å². The van der Waals surface area contributed by atoms with Crippen LogP contribution in [-0.2, 0) is 24.9 Å². The van der Waals surface area contributed by atoms with E-state index in [0.717, 1.165) is 17.7 Å². The van der Waals surface area contributed by atoms with Gasteiger partial charge in [-0.15, -0.1) is 24.8 Å². The van der Waals surface area contributed by atoms with Gasteiger partial charge in [-0.1, -0.05) is 30.7 Å². The molecule has 1 aliphatic heterocycles. The van der Waals surface area contributed by atoms with E-state index in [2.05, 4.69) is 44.9 Å². The monoisotopic (exact) mass is 427 g/mol. The molecule has 0 saturated carbocycles. The fourth-order valence-electron chi connectivity index (χ4n) is 3.47. The maximum Gasteiger partial charge on any atom is 0.242 e. The van der Waals surface area contributed by atoms with Gasteiger partial charge in [-0.2, -0.15) is 5.10 Å². The van der Waals surface area contributed by atoms with Crippen molar-refractivity contribution in [2.45, 2.75) is 38.4 Å². The number of benzene rings is 1. The molecular weight excluding hydrogens is 397 g/mol. The number of likely N-dealkylation sites (tertiary alicyclic amines) is 1. The van der Waals surface area contributed by atoms with Crippen LogP contribution in [-0.4, -0.2) is 40.7 Å². The summed E-state index contributed by atoms with van der Waals surface area (Å²) in [7, 11) is 3.63. The van der Waals surface area contributed by atoms with Gasteiger partial charge in [0.25, 0.3) is 0 Å². The van der Waals surface area contributed by atoms with Gasteiger partial charge in [0.15, 0.2) is 0 Å². The zero-order valence-corrected chi connectivity index (χ0v) is 18.2. The molecule has 2 heterocycles. The normalized spacial score (nSPS) is 15.2. The molecule has 8 heteroatoms. The van der Waals surface area contributed by atoms with Gasteiger partial charge in [0, 0.05) is 31.9 Å². The van der Waals surface area contributed by atoms with Gasteiger partial charge in [-0.25, -0.2) is 0 Å². The lowest BCUT2D eigenvalue weighted by atomic mass is 10.1. The molecule has 28 heavy (non-hydrogen) atoms. The highest BCUT2D eigenvalue weighted by molar-refractivity contribution is 5.85. The smallest absolute Gasteiger partial charge is 0.242 e. The third kappa shape index (κ3) is 6.78. The lowest BCUT2D eigenvalue weighted by Crippen LogP contribution is -2.35. The van der Waals surface area contributed by atoms with E-state index in [4.69, 9.17) is 0 Å². The molecule has 1 saturated heterocycles. The zero-order valence-electron chi connectivity index (χ0n) is 16.6. The van der Waals surface area contributed by atoms with Crippen LogP contribution < -0.4 is 10.6 Å². The maximum absolute atomic E-state index is 12.5. The quantitative estimate of drug-likeness (QED) is 0.712. The summed E-state index contributed by atoms with van der Waals surface area (Å²) in [6.07, 6.45) is 7.56.